The lowest BCUT2D eigenvalue weighted by Gasteiger charge is -2.14. The molecule has 27 heavy (non-hydrogen) atoms. The monoisotopic (exact) mass is 362 g/mol. The predicted octanol–water partition coefficient (Wildman–Crippen LogP) is 4.26. The summed E-state index contributed by atoms with van der Waals surface area (Å²) in [5.74, 6) is 0.284. The Morgan fingerprint density at radius 1 is 1.15 bits per heavy atom. The number of benzene rings is 2. The summed E-state index contributed by atoms with van der Waals surface area (Å²) in [5, 5.41) is 18.3. The molecule has 2 aromatic carbocycles. The maximum Gasteiger partial charge on any atom is 0.118 e. The van der Waals surface area contributed by atoms with E-state index in [4.69, 9.17) is 0 Å². The highest BCUT2D eigenvalue weighted by Gasteiger charge is 2.16. The number of aryl methyl sites for hydroxylation is 2. The minimum Gasteiger partial charge on any atom is -0.508 e. The minimum absolute atomic E-state index is 0.284. The van der Waals surface area contributed by atoms with Gasteiger partial charge >= 0.3 is 0 Å². The summed E-state index contributed by atoms with van der Waals surface area (Å²) in [6.07, 6.45) is 4.90. The molecule has 0 bridgehead atoms. The molecule has 0 fully saturated rings. The van der Waals surface area contributed by atoms with Crippen LogP contribution in [0.25, 0.3) is 32.6 Å². The quantitative estimate of drug-likeness (QED) is 0.521. The van der Waals surface area contributed by atoms with Crippen molar-refractivity contribution in [3.63, 3.8) is 0 Å². The van der Waals surface area contributed by atoms with Crippen molar-refractivity contribution in [2.24, 2.45) is 7.05 Å². The van der Waals surface area contributed by atoms with E-state index >= 15 is 0 Å². The van der Waals surface area contributed by atoms with Crippen molar-refractivity contribution in [1.82, 2.24) is 14.5 Å². The van der Waals surface area contributed by atoms with Crippen molar-refractivity contribution >= 4 is 38.3 Å². The number of aromatic hydroxyl groups is 1. The predicted molar refractivity (Wildman–Crippen MR) is 114 cm³/mol. The summed E-state index contributed by atoms with van der Waals surface area (Å²) >= 11 is 0. The normalized spacial score (nSPS) is 11.9. The van der Waals surface area contributed by atoms with Crippen molar-refractivity contribution in [2.75, 3.05) is 32.5 Å². The fourth-order valence-corrected chi connectivity index (χ4v) is 4.06. The Hall–Kier alpha value is -2.79. The van der Waals surface area contributed by atoms with Crippen molar-refractivity contribution < 1.29 is 5.11 Å². The Kier molecular flexibility index (Phi) is 4.40. The minimum atomic E-state index is 0.284. The van der Waals surface area contributed by atoms with E-state index in [0.29, 0.717) is 0 Å². The third-order valence-electron chi connectivity index (χ3n) is 5.24. The molecule has 0 aliphatic rings. The van der Waals surface area contributed by atoms with Gasteiger partial charge in [-0.15, -0.1) is 0 Å². The molecular formula is C22H26N4O. The highest BCUT2D eigenvalue weighted by molar-refractivity contribution is 6.24. The molecule has 4 aromatic rings. The van der Waals surface area contributed by atoms with E-state index in [0.717, 1.165) is 41.4 Å². The Labute approximate surface area is 159 Å². The zero-order valence-corrected chi connectivity index (χ0v) is 16.4. The second kappa shape index (κ2) is 6.74. The summed E-state index contributed by atoms with van der Waals surface area (Å²) < 4.78 is 2.24. The Balaban J connectivity index is 1.96. The van der Waals surface area contributed by atoms with E-state index in [1.165, 1.54) is 22.0 Å². The first-order chi connectivity index (χ1) is 13.0. The van der Waals surface area contributed by atoms with Crippen molar-refractivity contribution in [2.45, 2.75) is 13.3 Å². The fourth-order valence-electron chi connectivity index (χ4n) is 4.06. The maximum atomic E-state index is 10.2. The van der Waals surface area contributed by atoms with Crippen LogP contribution in [0, 0.1) is 6.92 Å². The SMILES string of the molecule is Cc1cncc2c3c4c(NCCCN(C)C)cc(O)cc4ccc3n(C)c12. The third kappa shape index (κ3) is 2.98. The largest absolute Gasteiger partial charge is 0.508 e. The van der Waals surface area contributed by atoms with Crippen LogP contribution in [0.5, 0.6) is 5.75 Å². The van der Waals surface area contributed by atoms with Gasteiger partial charge in [-0.05, 0) is 57.1 Å². The smallest absolute Gasteiger partial charge is 0.118 e. The van der Waals surface area contributed by atoms with Gasteiger partial charge in [-0.1, -0.05) is 6.07 Å². The molecule has 5 heteroatoms. The van der Waals surface area contributed by atoms with Gasteiger partial charge in [0.15, 0.2) is 0 Å². The standard InChI is InChI=1S/C22H26N4O/c1-14-12-23-13-17-21-19(26(4)22(14)17)7-6-15-10-16(27)11-18(20(15)21)24-8-5-9-25(2)3/h6-7,10-13,24,27H,5,8-9H2,1-4H3. The molecule has 2 aromatic heterocycles. The third-order valence-corrected chi connectivity index (χ3v) is 5.24. The molecule has 0 unspecified atom stereocenters. The topological polar surface area (TPSA) is 53.3 Å². The van der Waals surface area contributed by atoms with Crippen LogP contribution in [0.1, 0.15) is 12.0 Å². The van der Waals surface area contributed by atoms with E-state index in [-0.39, 0.29) is 5.75 Å². The number of hydrogen-bond acceptors (Lipinski definition) is 4. The van der Waals surface area contributed by atoms with Crippen LogP contribution < -0.4 is 5.32 Å². The molecule has 4 rings (SSSR count). The molecule has 0 amide bonds. The summed E-state index contributed by atoms with van der Waals surface area (Å²) in [6, 6.07) is 7.89. The van der Waals surface area contributed by atoms with Crippen LogP contribution in [0.4, 0.5) is 5.69 Å². The molecule has 0 aliphatic carbocycles. The molecule has 0 aliphatic heterocycles. The molecule has 2 heterocycles. The zero-order chi connectivity index (χ0) is 19.1. The van der Waals surface area contributed by atoms with Gasteiger partial charge in [0.05, 0.1) is 5.52 Å². The fraction of sp³-hybridized carbons (Fsp3) is 0.318. The number of nitrogens with one attached hydrogen (secondary N) is 1. The van der Waals surface area contributed by atoms with Gasteiger partial charge in [0.2, 0.25) is 0 Å². The molecule has 0 saturated carbocycles. The lowest BCUT2D eigenvalue weighted by Crippen LogP contribution is -2.16. The summed E-state index contributed by atoms with van der Waals surface area (Å²) in [6.45, 7) is 3.98. The van der Waals surface area contributed by atoms with Gasteiger partial charge in [0.1, 0.15) is 5.75 Å². The Bertz CT molecular complexity index is 1140. The molecule has 0 saturated heterocycles. The second-order valence-corrected chi connectivity index (χ2v) is 7.55. The summed E-state index contributed by atoms with van der Waals surface area (Å²) in [7, 11) is 6.27. The number of rotatable bonds is 5. The molecule has 0 atom stereocenters. The first-order valence-electron chi connectivity index (χ1n) is 9.34. The van der Waals surface area contributed by atoms with Crippen LogP contribution in [0.3, 0.4) is 0 Å². The van der Waals surface area contributed by atoms with E-state index in [1.807, 2.05) is 24.5 Å². The van der Waals surface area contributed by atoms with E-state index < -0.39 is 0 Å². The zero-order valence-electron chi connectivity index (χ0n) is 16.4. The van der Waals surface area contributed by atoms with Crippen LogP contribution in [0.15, 0.2) is 36.7 Å². The Morgan fingerprint density at radius 2 is 1.96 bits per heavy atom. The van der Waals surface area contributed by atoms with Crippen LogP contribution in [-0.4, -0.2) is 46.7 Å². The van der Waals surface area contributed by atoms with Gasteiger partial charge in [-0.3, -0.25) is 4.98 Å². The van der Waals surface area contributed by atoms with Crippen LogP contribution in [-0.2, 0) is 7.05 Å². The van der Waals surface area contributed by atoms with Crippen molar-refractivity contribution in [1.29, 1.82) is 0 Å². The van der Waals surface area contributed by atoms with E-state index in [1.54, 1.807) is 0 Å². The average Bonchev–Trinajstić information content (AvgIpc) is 2.92. The van der Waals surface area contributed by atoms with Crippen molar-refractivity contribution in [3.05, 3.63) is 42.2 Å². The van der Waals surface area contributed by atoms with Gasteiger partial charge in [0, 0.05) is 59.4 Å². The number of phenols is 1. The molecular weight excluding hydrogens is 336 g/mol. The molecule has 140 valence electrons. The molecule has 5 nitrogen and oxygen atoms in total. The van der Waals surface area contributed by atoms with Crippen LogP contribution >= 0.6 is 0 Å². The van der Waals surface area contributed by atoms with E-state index in [2.05, 4.69) is 60.0 Å². The summed E-state index contributed by atoms with van der Waals surface area (Å²) in [4.78, 5) is 6.62. The average molecular weight is 362 g/mol. The molecule has 2 N–H and O–H groups in total. The highest BCUT2D eigenvalue weighted by Crippen LogP contribution is 2.40. The number of pyridine rings is 1. The molecule has 0 radical (unpaired) electrons. The highest BCUT2D eigenvalue weighted by atomic mass is 16.3. The molecule has 0 spiro atoms. The number of phenolic OH excluding ortho intramolecular Hbond substituents is 1. The first kappa shape index (κ1) is 17.6. The van der Waals surface area contributed by atoms with Gasteiger partial charge in [-0.2, -0.15) is 0 Å². The van der Waals surface area contributed by atoms with Gasteiger partial charge < -0.3 is 19.9 Å². The summed E-state index contributed by atoms with van der Waals surface area (Å²) in [5.41, 5.74) is 4.52. The number of fused-ring (bicyclic) bond motifs is 5. The van der Waals surface area contributed by atoms with Gasteiger partial charge in [-0.25, -0.2) is 0 Å². The number of anilines is 1. The first-order valence-corrected chi connectivity index (χ1v) is 9.34. The number of nitrogens with zero attached hydrogens (tertiary/aromatic N) is 3. The number of hydrogen-bond donors (Lipinski definition) is 2. The number of aromatic nitrogens is 2. The van der Waals surface area contributed by atoms with Crippen molar-refractivity contribution in [3.8, 4) is 5.75 Å². The lowest BCUT2D eigenvalue weighted by molar-refractivity contribution is 0.405. The Morgan fingerprint density at radius 3 is 2.74 bits per heavy atom. The van der Waals surface area contributed by atoms with Crippen LogP contribution in [0.2, 0.25) is 0 Å². The maximum absolute atomic E-state index is 10.2. The second-order valence-electron chi connectivity index (χ2n) is 7.55. The van der Waals surface area contributed by atoms with Gasteiger partial charge in [0.25, 0.3) is 0 Å². The lowest BCUT2D eigenvalue weighted by atomic mass is 10.0. The van der Waals surface area contributed by atoms with E-state index in [9.17, 15) is 5.11 Å².